The molecule has 1 atom stereocenters. The first-order valence-electron chi connectivity index (χ1n) is 6.14. The molecule has 0 bridgehead atoms. The molecular formula is C11H19N3O3. The third-order valence-corrected chi connectivity index (χ3v) is 3.15. The number of amides is 2. The monoisotopic (exact) mass is 241 g/mol. The Morgan fingerprint density at radius 1 is 1.47 bits per heavy atom. The minimum Gasteiger partial charge on any atom is -0.448 e. The summed E-state index contributed by atoms with van der Waals surface area (Å²) in [6.07, 6.45) is 3.46. The summed E-state index contributed by atoms with van der Waals surface area (Å²) in [5.41, 5.74) is 4.87. The highest BCUT2D eigenvalue weighted by Gasteiger charge is 2.33. The van der Waals surface area contributed by atoms with E-state index in [4.69, 9.17) is 5.73 Å². The van der Waals surface area contributed by atoms with Crippen LogP contribution in [0.15, 0.2) is 0 Å². The second kappa shape index (κ2) is 5.35. The molecule has 2 rings (SSSR count). The molecule has 0 spiro atoms. The molecule has 96 valence electrons. The number of carbonyl (C=O) groups is 2. The molecule has 1 saturated carbocycles. The number of rotatable bonds is 5. The molecule has 1 saturated heterocycles. The number of nitrogens with zero attached hydrogens (tertiary/aromatic N) is 1. The van der Waals surface area contributed by atoms with Gasteiger partial charge in [-0.3, -0.25) is 4.79 Å². The number of nitrogens with one attached hydrogen (secondary N) is 1. The Hall–Kier alpha value is -1.30. The predicted molar refractivity (Wildman–Crippen MR) is 61.3 cm³/mol. The highest BCUT2D eigenvalue weighted by molar-refractivity contribution is 5.82. The van der Waals surface area contributed by atoms with E-state index < -0.39 is 6.09 Å². The second-order valence-electron chi connectivity index (χ2n) is 4.63. The van der Waals surface area contributed by atoms with Gasteiger partial charge in [-0.15, -0.1) is 0 Å². The largest absolute Gasteiger partial charge is 0.448 e. The lowest BCUT2D eigenvalue weighted by molar-refractivity contribution is -0.136. The van der Waals surface area contributed by atoms with Gasteiger partial charge in [0.15, 0.2) is 0 Å². The van der Waals surface area contributed by atoms with Crippen molar-refractivity contribution in [2.45, 2.75) is 37.8 Å². The maximum Gasteiger partial charge on any atom is 0.404 e. The number of nitrogens with two attached hydrogens (primary N) is 1. The highest BCUT2D eigenvalue weighted by atomic mass is 16.5. The van der Waals surface area contributed by atoms with E-state index in [9.17, 15) is 9.59 Å². The Labute approximate surface area is 100 Å². The molecule has 2 amide bonds. The van der Waals surface area contributed by atoms with Gasteiger partial charge in [0.2, 0.25) is 5.91 Å². The fourth-order valence-electron chi connectivity index (χ4n) is 2.11. The van der Waals surface area contributed by atoms with Crippen molar-refractivity contribution in [2.75, 3.05) is 19.7 Å². The molecule has 17 heavy (non-hydrogen) atoms. The first-order valence-corrected chi connectivity index (χ1v) is 6.14. The molecule has 1 unspecified atom stereocenters. The molecule has 1 aliphatic heterocycles. The lowest BCUT2D eigenvalue weighted by Crippen LogP contribution is -2.52. The summed E-state index contributed by atoms with van der Waals surface area (Å²) in [4.78, 5) is 24.2. The van der Waals surface area contributed by atoms with Crippen LogP contribution < -0.4 is 11.1 Å². The van der Waals surface area contributed by atoms with Gasteiger partial charge in [0.25, 0.3) is 0 Å². The van der Waals surface area contributed by atoms with Crippen LogP contribution >= 0.6 is 0 Å². The zero-order valence-electron chi connectivity index (χ0n) is 9.85. The van der Waals surface area contributed by atoms with Gasteiger partial charge in [0.1, 0.15) is 6.61 Å². The van der Waals surface area contributed by atoms with E-state index in [-0.39, 0.29) is 18.6 Å². The maximum absolute atomic E-state index is 12.1. The van der Waals surface area contributed by atoms with E-state index in [0.717, 1.165) is 19.4 Å². The molecular weight excluding hydrogens is 222 g/mol. The van der Waals surface area contributed by atoms with Crippen LogP contribution in [0.4, 0.5) is 4.79 Å². The van der Waals surface area contributed by atoms with E-state index in [0.29, 0.717) is 12.6 Å². The third kappa shape index (κ3) is 3.59. The number of carbonyl (C=O) groups excluding carboxylic acids is 2. The lowest BCUT2D eigenvalue weighted by atomic mass is 10.0. The van der Waals surface area contributed by atoms with E-state index >= 15 is 0 Å². The van der Waals surface area contributed by atoms with Crippen LogP contribution in [-0.4, -0.2) is 48.7 Å². The molecule has 2 aliphatic rings. The van der Waals surface area contributed by atoms with Gasteiger partial charge in [-0.2, -0.15) is 0 Å². The van der Waals surface area contributed by atoms with Crippen molar-refractivity contribution in [3.63, 3.8) is 0 Å². The summed E-state index contributed by atoms with van der Waals surface area (Å²) in [5, 5.41) is 3.35. The molecule has 1 aliphatic carbocycles. The fourth-order valence-corrected chi connectivity index (χ4v) is 2.11. The molecule has 0 radical (unpaired) electrons. The number of piperidine rings is 1. The average molecular weight is 241 g/mol. The zero-order valence-corrected chi connectivity index (χ0v) is 9.85. The standard InChI is InChI=1S/C11H19N3O3/c12-11(16)17-7-6-14-5-1-2-9(10(14)15)13-8-3-4-8/h8-9,13H,1-7H2,(H2,12,16). The van der Waals surface area contributed by atoms with Gasteiger partial charge in [0.05, 0.1) is 12.6 Å². The van der Waals surface area contributed by atoms with Crippen molar-refractivity contribution in [1.29, 1.82) is 0 Å². The summed E-state index contributed by atoms with van der Waals surface area (Å²) in [7, 11) is 0. The second-order valence-corrected chi connectivity index (χ2v) is 4.63. The normalized spacial score (nSPS) is 24.8. The lowest BCUT2D eigenvalue weighted by Gasteiger charge is -2.32. The van der Waals surface area contributed by atoms with Crippen LogP contribution in [0.2, 0.25) is 0 Å². The summed E-state index contributed by atoms with van der Waals surface area (Å²) in [5.74, 6) is 0.122. The van der Waals surface area contributed by atoms with Gasteiger partial charge < -0.3 is 20.7 Å². The Morgan fingerprint density at radius 2 is 2.24 bits per heavy atom. The van der Waals surface area contributed by atoms with Crippen molar-refractivity contribution in [3.8, 4) is 0 Å². The van der Waals surface area contributed by atoms with Gasteiger partial charge >= 0.3 is 6.09 Å². The third-order valence-electron chi connectivity index (χ3n) is 3.15. The van der Waals surface area contributed by atoms with Gasteiger partial charge in [-0.1, -0.05) is 0 Å². The van der Waals surface area contributed by atoms with E-state index in [1.165, 1.54) is 12.8 Å². The Kier molecular flexibility index (Phi) is 3.83. The molecule has 6 nitrogen and oxygen atoms in total. The van der Waals surface area contributed by atoms with Crippen LogP contribution in [0.25, 0.3) is 0 Å². The predicted octanol–water partition coefficient (Wildman–Crippen LogP) is -0.175. The van der Waals surface area contributed by atoms with E-state index in [2.05, 4.69) is 10.1 Å². The van der Waals surface area contributed by atoms with Gasteiger partial charge in [0, 0.05) is 12.6 Å². The van der Waals surface area contributed by atoms with Crippen LogP contribution in [0.5, 0.6) is 0 Å². The SMILES string of the molecule is NC(=O)OCCN1CCCC(NC2CC2)C1=O. The van der Waals surface area contributed by atoms with Crippen LogP contribution in [0.3, 0.4) is 0 Å². The molecule has 1 heterocycles. The Bertz CT molecular complexity index is 304. The molecule has 0 aromatic carbocycles. The molecule has 0 aromatic heterocycles. The van der Waals surface area contributed by atoms with Crippen LogP contribution in [0.1, 0.15) is 25.7 Å². The van der Waals surface area contributed by atoms with Crippen molar-refractivity contribution in [3.05, 3.63) is 0 Å². The minimum absolute atomic E-state index is 0.0511. The topological polar surface area (TPSA) is 84.7 Å². The molecule has 2 fully saturated rings. The smallest absolute Gasteiger partial charge is 0.404 e. The van der Waals surface area contributed by atoms with Crippen molar-refractivity contribution < 1.29 is 14.3 Å². The summed E-state index contributed by atoms with van der Waals surface area (Å²) in [6.45, 7) is 1.35. The van der Waals surface area contributed by atoms with Gasteiger partial charge in [-0.05, 0) is 25.7 Å². The van der Waals surface area contributed by atoms with Crippen LogP contribution in [-0.2, 0) is 9.53 Å². The number of hydrogen-bond donors (Lipinski definition) is 2. The Morgan fingerprint density at radius 3 is 2.88 bits per heavy atom. The maximum atomic E-state index is 12.1. The molecule has 3 N–H and O–H groups in total. The first-order chi connectivity index (χ1) is 8.16. The fraction of sp³-hybridized carbons (Fsp3) is 0.818. The van der Waals surface area contributed by atoms with Crippen LogP contribution in [0, 0.1) is 0 Å². The summed E-state index contributed by atoms with van der Waals surface area (Å²) < 4.78 is 4.65. The minimum atomic E-state index is -0.790. The van der Waals surface area contributed by atoms with E-state index in [1.54, 1.807) is 4.90 Å². The zero-order chi connectivity index (χ0) is 12.3. The highest BCUT2D eigenvalue weighted by Crippen LogP contribution is 2.22. The number of likely N-dealkylation sites (tertiary alicyclic amines) is 1. The number of hydrogen-bond acceptors (Lipinski definition) is 4. The van der Waals surface area contributed by atoms with Crippen molar-refractivity contribution in [2.24, 2.45) is 5.73 Å². The molecule has 0 aromatic rings. The van der Waals surface area contributed by atoms with Gasteiger partial charge in [-0.25, -0.2) is 4.79 Å². The molecule has 6 heteroatoms. The Balaban J connectivity index is 1.76. The average Bonchev–Trinajstić information content (AvgIpc) is 3.07. The number of primary amides is 1. The van der Waals surface area contributed by atoms with Crippen molar-refractivity contribution in [1.82, 2.24) is 10.2 Å². The number of ether oxygens (including phenoxy) is 1. The first kappa shape index (κ1) is 12.2. The quantitative estimate of drug-likeness (QED) is 0.699. The van der Waals surface area contributed by atoms with Crippen molar-refractivity contribution >= 4 is 12.0 Å². The summed E-state index contributed by atoms with van der Waals surface area (Å²) >= 11 is 0. The summed E-state index contributed by atoms with van der Waals surface area (Å²) in [6, 6.07) is 0.482. The van der Waals surface area contributed by atoms with E-state index in [1.807, 2.05) is 0 Å².